The molecule has 0 amide bonds. The number of nitriles is 1. The summed E-state index contributed by atoms with van der Waals surface area (Å²) >= 11 is 0. The van der Waals surface area contributed by atoms with Crippen LogP contribution in [-0.4, -0.2) is 4.98 Å². The van der Waals surface area contributed by atoms with Gasteiger partial charge in [-0.25, -0.2) is 4.98 Å². The molecule has 0 saturated carbocycles. The van der Waals surface area contributed by atoms with Crippen LogP contribution in [0.5, 0.6) is 0 Å². The first-order valence-electron chi connectivity index (χ1n) is 8.59. The van der Waals surface area contributed by atoms with E-state index in [1.54, 1.807) is 0 Å². The molecule has 1 unspecified atom stereocenters. The van der Waals surface area contributed by atoms with Crippen molar-refractivity contribution in [3.8, 4) is 17.2 Å². The van der Waals surface area contributed by atoms with Crippen LogP contribution in [0.25, 0.3) is 11.1 Å². The SMILES string of the molecule is Cc1cccc(-c2c(C#N)c(N)nc3c2CC(C(C)(C)C)CC3)c1. The fraction of sp³-hybridized carbons (Fsp3) is 0.429. The molecule has 0 bridgehead atoms. The molecule has 1 heterocycles. The van der Waals surface area contributed by atoms with E-state index in [0.717, 1.165) is 36.1 Å². The number of nitrogens with two attached hydrogens (primary N) is 1. The monoisotopic (exact) mass is 319 g/mol. The zero-order valence-corrected chi connectivity index (χ0v) is 15.0. The van der Waals surface area contributed by atoms with E-state index in [2.05, 4.69) is 56.9 Å². The Labute approximate surface area is 144 Å². The van der Waals surface area contributed by atoms with Crippen LogP contribution < -0.4 is 5.73 Å². The first-order valence-corrected chi connectivity index (χ1v) is 8.59. The summed E-state index contributed by atoms with van der Waals surface area (Å²) in [7, 11) is 0. The summed E-state index contributed by atoms with van der Waals surface area (Å²) in [6, 6.07) is 10.6. The molecule has 3 heteroatoms. The lowest BCUT2D eigenvalue weighted by molar-refractivity contribution is 0.215. The van der Waals surface area contributed by atoms with E-state index in [-0.39, 0.29) is 5.41 Å². The van der Waals surface area contributed by atoms with Gasteiger partial charge in [-0.2, -0.15) is 5.26 Å². The molecule has 1 atom stereocenters. The van der Waals surface area contributed by atoms with Crippen LogP contribution in [0.1, 0.15) is 49.6 Å². The third kappa shape index (κ3) is 2.89. The molecule has 0 aliphatic heterocycles. The Morgan fingerprint density at radius 2 is 2.04 bits per heavy atom. The number of rotatable bonds is 1. The predicted octanol–water partition coefficient (Wildman–Crippen LogP) is 4.66. The Morgan fingerprint density at radius 1 is 1.29 bits per heavy atom. The van der Waals surface area contributed by atoms with Gasteiger partial charge in [-0.05, 0) is 48.6 Å². The van der Waals surface area contributed by atoms with Gasteiger partial charge in [0.25, 0.3) is 0 Å². The van der Waals surface area contributed by atoms with Gasteiger partial charge in [-0.3, -0.25) is 0 Å². The number of nitrogen functional groups attached to an aromatic ring is 1. The average Bonchev–Trinajstić information content (AvgIpc) is 2.52. The summed E-state index contributed by atoms with van der Waals surface area (Å²) in [6.45, 7) is 8.96. The normalized spacial score (nSPS) is 17.2. The van der Waals surface area contributed by atoms with Crippen molar-refractivity contribution in [3.05, 3.63) is 46.6 Å². The molecule has 24 heavy (non-hydrogen) atoms. The molecule has 0 saturated heterocycles. The molecule has 124 valence electrons. The second-order valence-electron chi connectivity index (χ2n) is 7.96. The second-order valence-corrected chi connectivity index (χ2v) is 7.96. The fourth-order valence-electron chi connectivity index (χ4n) is 3.75. The first kappa shape index (κ1) is 16.5. The molecule has 0 fully saturated rings. The van der Waals surface area contributed by atoms with E-state index in [0.29, 0.717) is 17.3 Å². The molecule has 2 N–H and O–H groups in total. The molecule has 1 aromatic heterocycles. The van der Waals surface area contributed by atoms with Crippen LogP contribution in [0.4, 0.5) is 5.82 Å². The predicted molar refractivity (Wildman–Crippen MR) is 98.5 cm³/mol. The van der Waals surface area contributed by atoms with E-state index in [4.69, 9.17) is 5.73 Å². The Bertz CT molecular complexity index is 822. The van der Waals surface area contributed by atoms with Crippen molar-refractivity contribution in [2.45, 2.75) is 47.0 Å². The maximum atomic E-state index is 9.69. The Hall–Kier alpha value is -2.34. The molecule has 1 aromatic carbocycles. The van der Waals surface area contributed by atoms with E-state index < -0.39 is 0 Å². The smallest absolute Gasteiger partial charge is 0.142 e. The molecule has 1 aliphatic carbocycles. The summed E-state index contributed by atoms with van der Waals surface area (Å²) in [5, 5.41) is 9.69. The average molecular weight is 319 g/mol. The van der Waals surface area contributed by atoms with Gasteiger partial charge in [0.2, 0.25) is 0 Å². The Balaban J connectivity index is 2.24. The van der Waals surface area contributed by atoms with Gasteiger partial charge in [0.1, 0.15) is 17.5 Å². The highest BCUT2D eigenvalue weighted by molar-refractivity contribution is 5.79. The summed E-state index contributed by atoms with van der Waals surface area (Å²) in [5.74, 6) is 0.951. The molecule has 1 aliphatic rings. The van der Waals surface area contributed by atoms with E-state index in [9.17, 15) is 5.26 Å². The lowest BCUT2D eigenvalue weighted by Crippen LogP contribution is -2.28. The number of anilines is 1. The van der Waals surface area contributed by atoms with Gasteiger partial charge >= 0.3 is 0 Å². The van der Waals surface area contributed by atoms with E-state index in [1.807, 2.05) is 6.07 Å². The quantitative estimate of drug-likeness (QED) is 0.831. The standard InChI is InChI=1S/C21H25N3/c1-13-6-5-7-14(10-13)19-16-11-15(21(2,3)4)8-9-18(16)24-20(23)17(19)12-22/h5-7,10,15H,8-9,11H2,1-4H3,(H2,23,24). The van der Waals surface area contributed by atoms with Crippen molar-refractivity contribution in [2.24, 2.45) is 11.3 Å². The molecule has 3 rings (SSSR count). The summed E-state index contributed by atoms with van der Waals surface area (Å²) in [6.07, 6.45) is 3.03. The van der Waals surface area contributed by atoms with Crippen molar-refractivity contribution in [1.29, 1.82) is 5.26 Å². The third-order valence-corrected chi connectivity index (χ3v) is 5.24. The number of hydrogen-bond donors (Lipinski definition) is 1. The summed E-state index contributed by atoms with van der Waals surface area (Å²) < 4.78 is 0. The Kier molecular flexibility index (Phi) is 4.09. The summed E-state index contributed by atoms with van der Waals surface area (Å²) in [4.78, 5) is 4.56. The number of aryl methyl sites for hydroxylation is 2. The molecular formula is C21H25N3. The van der Waals surface area contributed by atoms with Crippen LogP contribution in [0, 0.1) is 29.6 Å². The van der Waals surface area contributed by atoms with Crippen molar-refractivity contribution >= 4 is 5.82 Å². The minimum absolute atomic E-state index is 0.246. The third-order valence-electron chi connectivity index (χ3n) is 5.24. The van der Waals surface area contributed by atoms with Gasteiger partial charge in [-0.1, -0.05) is 50.6 Å². The van der Waals surface area contributed by atoms with E-state index in [1.165, 1.54) is 11.1 Å². The summed E-state index contributed by atoms with van der Waals surface area (Å²) in [5.41, 5.74) is 12.4. The maximum absolute atomic E-state index is 9.69. The molecular weight excluding hydrogens is 294 g/mol. The molecule has 0 radical (unpaired) electrons. The van der Waals surface area contributed by atoms with Gasteiger partial charge in [0, 0.05) is 11.3 Å². The van der Waals surface area contributed by atoms with Gasteiger partial charge < -0.3 is 5.73 Å². The minimum Gasteiger partial charge on any atom is -0.383 e. The van der Waals surface area contributed by atoms with Crippen molar-refractivity contribution in [1.82, 2.24) is 4.98 Å². The first-order chi connectivity index (χ1) is 11.3. The van der Waals surface area contributed by atoms with Crippen LogP contribution in [0.3, 0.4) is 0 Å². The van der Waals surface area contributed by atoms with Crippen molar-refractivity contribution < 1.29 is 0 Å². The zero-order valence-electron chi connectivity index (χ0n) is 15.0. The van der Waals surface area contributed by atoms with Crippen LogP contribution in [0.15, 0.2) is 24.3 Å². The van der Waals surface area contributed by atoms with Gasteiger partial charge in [-0.15, -0.1) is 0 Å². The lowest BCUT2D eigenvalue weighted by Gasteiger charge is -2.35. The van der Waals surface area contributed by atoms with Gasteiger partial charge in [0.05, 0.1) is 0 Å². The number of fused-ring (bicyclic) bond motifs is 1. The van der Waals surface area contributed by atoms with Crippen molar-refractivity contribution in [3.63, 3.8) is 0 Å². The van der Waals surface area contributed by atoms with Crippen LogP contribution >= 0.6 is 0 Å². The topological polar surface area (TPSA) is 62.7 Å². The highest BCUT2D eigenvalue weighted by Crippen LogP contribution is 2.42. The zero-order chi connectivity index (χ0) is 17.5. The van der Waals surface area contributed by atoms with Crippen LogP contribution in [0.2, 0.25) is 0 Å². The lowest BCUT2D eigenvalue weighted by atomic mass is 9.70. The van der Waals surface area contributed by atoms with Crippen LogP contribution in [-0.2, 0) is 12.8 Å². The number of hydrogen-bond acceptors (Lipinski definition) is 3. The highest BCUT2D eigenvalue weighted by atomic mass is 14.9. The number of nitrogens with zero attached hydrogens (tertiary/aromatic N) is 2. The number of aromatic nitrogens is 1. The maximum Gasteiger partial charge on any atom is 0.142 e. The number of pyridine rings is 1. The molecule has 0 spiro atoms. The minimum atomic E-state index is 0.246. The fourth-order valence-corrected chi connectivity index (χ4v) is 3.75. The van der Waals surface area contributed by atoms with E-state index >= 15 is 0 Å². The van der Waals surface area contributed by atoms with Gasteiger partial charge in [0.15, 0.2) is 0 Å². The molecule has 3 nitrogen and oxygen atoms in total. The molecule has 2 aromatic rings. The van der Waals surface area contributed by atoms with Crippen molar-refractivity contribution in [2.75, 3.05) is 5.73 Å². The second kappa shape index (κ2) is 5.94. The highest BCUT2D eigenvalue weighted by Gasteiger charge is 2.32. The largest absolute Gasteiger partial charge is 0.383 e. The number of benzene rings is 1. The Morgan fingerprint density at radius 3 is 2.67 bits per heavy atom.